The molecule has 0 bridgehead atoms. The fourth-order valence-corrected chi connectivity index (χ4v) is 5.86. The van der Waals surface area contributed by atoms with Gasteiger partial charge in [0.1, 0.15) is 17.1 Å². The zero-order chi connectivity index (χ0) is 26.4. The van der Waals surface area contributed by atoms with Crippen LogP contribution in [0.2, 0.25) is 0 Å². The van der Waals surface area contributed by atoms with Crippen molar-refractivity contribution < 1.29 is 9.53 Å². The molecule has 1 N–H and O–H groups in total. The lowest BCUT2D eigenvalue weighted by Crippen LogP contribution is -2.41. The first kappa shape index (κ1) is 23.7. The van der Waals surface area contributed by atoms with Gasteiger partial charge in [0.2, 0.25) is 5.82 Å². The van der Waals surface area contributed by atoms with E-state index in [1.54, 1.807) is 13.3 Å². The SMILES string of the molecule is COc1ccnc(-c2ccc(-c3nn[nH]n3)c(-c3ccc(CN4C(=O)C5(CCCC5)N=C4C4CC4)cc3)c2)c1. The van der Waals surface area contributed by atoms with Gasteiger partial charge >= 0.3 is 0 Å². The highest BCUT2D eigenvalue weighted by Crippen LogP contribution is 2.44. The summed E-state index contributed by atoms with van der Waals surface area (Å²) >= 11 is 0. The molecule has 1 spiro atoms. The average Bonchev–Trinajstić information content (AvgIpc) is 3.36. The van der Waals surface area contributed by atoms with E-state index in [1.165, 1.54) is 0 Å². The van der Waals surface area contributed by atoms with E-state index >= 15 is 0 Å². The van der Waals surface area contributed by atoms with Crippen LogP contribution in [0, 0.1) is 5.92 Å². The van der Waals surface area contributed by atoms with Crippen molar-refractivity contribution in [1.29, 1.82) is 0 Å². The number of nitrogens with one attached hydrogen (secondary N) is 1. The molecule has 0 unspecified atom stereocenters. The van der Waals surface area contributed by atoms with Gasteiger partial charge in [0.25, 0.3) is 5.91 Å². The molecule has 196 valence electrons. The van der Waals surface area contributed by atoms with Gasteiger partial charge in [-0.05, 0) is 65.8 Å². The fraction of sp³-hybridized carbons (Fsp3) is 0.333. The molecular weight excluding hydrogens is 490 g/mol. The van der Waals surface area contributed by atoms with E-state index in [4.69, 9.17) is 9.73 Å². The number of tetrazole rings is 1. The van der Waals surface area contributed by atoms with E-state index in [-0.39, 0.29) is 5.91 Å². The summed E-state index contributed by atoms with van der Waals surface area (Å²) in [6.45, 7) is 0.557. The molecule has 0 saturated heterocycles. The highest BCUT2D eigenvalue weighted by Gasteiger charge is 2.52. The van der Waals surface area contributed by atoms with Gasteiger partial charge in [-0.3, -0.25) is 19.7 Å². The first-order chi connectivity index (χ1) is 19.1. The largest absolute Gasteiger partial charge is 0.497 e. The maximum absolute atomic E-state index is 13.5. The van der Waals surface area contributed by atoms with Gasteiger partial charge in [-0.25, -0.2) is 0 Å². The maximum atomic E-state index is 13.5. The topological polar surface area (TPSA) is 109 Å². The smallest absolute Gasteiger partial charge is 0.256 e. The second-order valence-electron chi connectivity index (χ2n) is 10.6. The predicted octanol–water partition coefficient (Wildman–Crippen LogP) is 5.07. The number of nitrogens with zero attached hydrogens (tertiary/aromatic N) is 6. The van der Waals surface area contributed by atoms with Crippen LogP contribution in [0.25, 0.3) is 33.8 Å². The molecule has 0 radical (unpaired) electrons. The number of amides is 1. The molecule has 7 rings (SSSR count). The summed E-state index contributed by atoms with van der Waals surface area (Å²) < 4.78 is 5.40. The molecule has 9 heteroatoms. The van der Waals surface area contributed by atoms with Crippen LogP contribution in [0.1, 0.15) is 44.1 Å². The molecule has 3 heterocycles. The van der Waals surface area contributed by atoms with Gasteiger partial charge in [-0.1, -0.05) is 43.2 Å². The van der Waals surface area contributed by atoms with Crippen molar-refractivity contribution >= 4 is 11.7 Å². The van der Waals surface area contributed by atoms with Gasteiger partial charge in [-0.15, -0.1) is 10.2 Å². The Morgan fingerprint density at radius 2 is 1.79 bits per heavy atom. The van der Waals surface area contributed by atoms with Crippen molar-refractivity contribution in [2.24, 2.45) is 10.9 Å². The third-order valence-electron chi connectivity index (χ3n) is 8.10. The Kier molecular flexibility index (Phi) is 5.72. The molecule has 2 aliphatic carbocycles. The first-order valence-electron chi connectivity index (χ1n) is 13.5. The third-order valence-corrected chi connectivity index (χ3v) is 8.10. The van der Waals surface area contributed by atoms with Crippen molar-refractivity contribution in [3.63, 3.8) is 0 Å². The number of hydrogen-bond donors (Lipinski definition) is 1. The number of H-pyrrole nitrogens is 1. The number of carbonyl (C=O) groups is 1. The number of aromatic nitrogens is 5. The van der Waals surface area contributed by atoms with Gasteiger partial charge < -0.3 is 4.74 Å². The molecule has 1 aliphatic heterocycles. The van der Waals surface area contributed by atoms with E-state index in [0.29, 0.717) is 18.3 Å². The third kappa shape index (κ3) is 4.27. The molecule has 1 amide bonds. The van der Waals surface area contributed by atoms with Crippen LogP contribution in [0.5, 0.6) is 5.75 Å². The minimum absolute atomic E-state index is 0.198. The molecule has 2 aromatic carbocycles. The van der Waals surface area contributed by atoms with E-state index < -0.39 is 5.54 Å². The number of benzene rings is 2. The minimum Gasteiger partial charge on any atom is -0.497 e. The molecule has 2 saturated carbocycles. The minimum atomic E-state index is -0.494. The van der Waals surface area contributed by atoms with E-state index in [0.717, 1.165) is 83.6 Å². The summed E-state index contributed by atoms with van der Waals surface area (Å²) in [4.78, 5) is 25.1. The van der Waals surface area contributed by atoms with Gasteiger partial charge in [0.05, 0.1) is 19.3 Å². The Hall–Kier alpha value is -4.40. The number of carbonyl (C=O) groups excluding carboxylic acids is 1. The van der Waals surface area contributed by atoms with Crippen LogP contribution in [0.3, 0.4) is 0 Å². The van der Waals surface area contributed by atoms with Gasteiger partial charge in [0, 0.05) is 29.3 Å². The molecule has 9 nitrogen and oxygen atoms in total. The summed E-state index contributed by atoms with van der Waals surface area (Å²) in [6.07, 6.45) is 7.95. The molecule has 4 aromatic rings. The zero-order valence-electron chi connectivity index (χ0n) is 21.8. The lowest BCUT2D eigenvalue weighted by atomic mass is 9.94. The average molecular weight is 520 g/mol. The molecule has 39 heavy (non-hydrogen) atoms. The van der Waals surface area contributed by atoms with Crippen LogP contribution in [0.15, 0.2) is 65.8 Å². The van der Waals surface area contributed by atoms with Crippen LogP contribution < -0.4 is 4.74 Å². The highest BCUT2D eigenvalue weighted by atomic mass is 16.5. The lowest BCUT2D eigenvalue weighted by Gasteiger charge is -2.23. The maximum Gasteiger partial charge on any atom is 0.256 e. The number of methoxy groups -OCH3 is 1. The number of pyridine rings is 1. The lowest BCUT2D eigenvalue weighted by molar-refractivity contribution is -0.131. The summed E-state index contributed by atoms with van der Waals surface area (Å²) in [7, 11) is 1.65. The van der Waals surface area contributed by atoms with Crippen molar-refractivity contribution in [3.05, 3.63) is 66.4 Å². The van der Waals surface area contributed by atoms with Crippen LogP contribution in [-0.2, 0) is 11.3 Å². The fourth-order valence-electron chi connectivity index (χ4n) is 5.86. The van der Waals surface area contributed by atoms with Crippen LogP contribution in [-0.4, -0.2) is 54.9 Å². The first-order valence-corrected chi connectivity index (χ1v) is 13.5. The quantitative estimate of drug-likeness (QED) is 0.365. The highest BCUT2D eigenvalue weighted by molar-refractivity contribution is 6.09. The monoisotopic (exact) mass is 519 g/mol. The Labute approximate surface area is 226 Å². The number of rotatable bonds is 7. The van der Waals surface area contributed by atoms with Crippen molar-refractivity contribution in [2.75, 3.05) is 7.11 Å². The standard InChI is InChI=1S/C30H29N7O2/c1-39-23-12-15-31-26(17-23)22-10-11-24(27-33-35-36-34-27)25(16-22)20-6-4-19(5-7-20)18-37-28(21-8-9-21)32-30(29(37)38)13-2-3-14-30/h4-7,10-12,15-17,21H,2-3,8-9,13-14,18H2,1H3,(H,33,34,35,36). The van der Waals surface area contributed by atoms with E-state index in [2.05, 4.69) is 55.9 Å². The van der Waals surface area contributed by atoms with E-state index in [9.17, 15) is 4.79 Å². The number of ether oxygens (including phenoxy) is 1. The number of amidine groups is 1. The zero-order valence-corrected chi connectivity index (χ0v) is 21.8. The summed E-state index contributed by atoms with van der Waals surface area (Å²) in [5, 5.41) is 14.8. The Balaban J connectivity index is 1.21. The van der Waals surface area contributed by atoms with Crippen LogP contribution in [0.4, 0.5) is 0 Å². The second-order valence-corrected chi connectivity index (χ2v) is 10.6. The van der Waals surface area contributed by atoms with Crippen molar-refractivity contribution in [3.8, 4) is 39.5 Å². The molecule has 2 fully saturated rings. The van der Waals surface area contributed by atoms with Crippen LogP contribution >= 0.6 is 0 Å². The van der Waals surface area contributed by atoms with Crippen molar-refractivity contribution in [1.82, 2.24) is 30.5 Å². The normalized spacial score (nSPS) is 18.1. The summed E-state index contributed by atoms with van der Waals surface area (Å²) in [5.74, 6) is 2.93. The second kappa shape index (κ2) is 9.41. The van der Waals surface area contributed by atoms with Crippen molar-refractivity contribution in [2.45, 2.75) is 50.6 Å². The Bertz CT molecular complexity index is 1550. The van der Waals surface area contributed by atoms with Gasteiger partial charge in [0.15, 0.2) is 0 Å². The van der Waals surface area contributed by atoms with E-state index in [1.807, 2.05) is 29.2 Å². The number of aromatic amines is 1. The molecule has 0 atom stereocenters. The number of hydrogen-bond acceptors (Lipinski definition) is 7. The summed E-state index contributed by atoms with van der Waals surface area (Å²) in [5.41, 5.74) is 5.20. The predicted molar refractivity (Wildman–Crippen MR) is 147 cm³/mol. The summed E-state index contributed by atoms with van der Waals surface area (Å²) in [6, 6.07) is 18.2. The Morgan fingerprint density at radius 1 is 1.00 bits per heavy atom. The van der Waals surface area contributed by atoms with Gasteiger partial charge in [-0.2, -0.15) is 5.21 Å². The molecule has 2 aromatic heterocycles. The molecular formula is C30H29N7O2. The molecule has 3 aliphatic rings. The Morgan fingerprint density at radius 3 is 2.51 bits per heavy atom. The number of aliphatic imine (C=N–C) groups is 1.